The van der Waals surface area contributed by atoms with E-state index in [0.29, 0.717) is 6.54 Å². The quantitative estimate of drug-likeness (QED) is 0.689. The van der Waals surface area contributed by atoms with Gasteiger partial charge in [0.05, 0.1) is 12.6 Å². The van der Waals surface area contributed by atoms with Crippen molar-refractivity contribution in [3.05, 3.63) is 35.4 Å². The third kappa shape index (κ3) is 1.81. The Bertz CT molecular complexity index is 444. The number of carbonyl (C=O) groups excluding carboxylic acids is 1. The lowest BCUT2D eigenvalue weighted by molar-refractivity contribution is -0.130. The van der Waals surface area contributed by atoms with Crippen LogP contribution >= 0.6 is 0 Å². The van der Waals surface area contributed by atoms with Crippen LogP contribution in [0.15, 0.2) is 24.3 Å². The molecule has 2 heteroatoms. The predicted octanol–water partition coefficient (Wildman–Crippen LogP) is 2.16. The molecule has 1 aromatic carbocycles. The number of nitrogens with zero attached hydrogens (tertiary/aromatic N) is 1. The Morgan fingerprint density at radius 1 is 1.56 bits per heavy atom. The summed E-state index contributed by atoms with van der Waals surface area (Å²) < 4.78 is 0. The van der Waals surface area contributed by atoms with Crippen molar-refractivity contribution in [2.75, 3.05) is 6.54 Å². The van der Waals surface area contributed by atoms with Crippen LogP contribution in [0.25, 0.3) is 0 Å². The van der Waals surface area contributed by atoms with Crippen LogP contribution in [0.1, 0.15) is 30.5 Å². The molecule has 1 aliphatic rings. The summed E-state index contributed by atoms with van der Waals surface area (Å²) in [5.41, 5.74) is 2.60. The van der Waals surface area contributed by atoms with Crippen LogP contribution in [0.5, 0.6) is 0 Å². The van der Waals surface area contributed by atoms with Gasteiger partial charge < -0.3 is 4.90 Å². The van der Waals surface area contributed by atoms with E-state index in [0.717, 1.165) is 12.8 Å². The summed E-state index contributed by atoms with van der Waals surface area (Å²) in [5, 5.41) is 0. The first-order valence-corrected chi connectivity index (χ1v) is 5.52. The highest BCUT2D eigenvalue weighted by Gasteiger charge is 2.28. The molecule has 16 heavy (non-hydrogen) atoms. The van der Waals surface area contributed by atoms with Gasteiger partial charge in [-0.25, -0.2) is 0 Å². The van der Waals surface area contributed by atoms with Gasteiger partial charge >= 0.3 is 0 Å². The second-order valence-electron chi connectivity index (χ2n) is 4.10. The number of rotatable bonds is 2. The van der Waals surface area contributed by atoms with Crippen molar-refractivity contribution >= 4 is 5.91 Å². The van der Waals surface area contributed by atoms with Gasteiger partial charge in [-0.1, -0.05) is 30.2 Å². The summed E-state index contributed by atoms with van der Waals surface area (Å²) in [6.45, 7) is 1.98. The normalized spacial score (nSPS) is 17.6. The lowest BCUT2D eigenvalue weighted by atomic mass is 10.1. The first-order chi connectivity index (χ1) is 7.74. The number of fused-ring (bicyclic) bond motifs is 1. The number of benzene rings is 1. The maximum atomic E-state index is 11.6. The average molecular weight is 213 g/mol. The summed E-state index contributed by atoms with van der Waals surface area (Å²) in [4.78, 5) is 13.3. The molecule has 0 bridgehead atoms. The van der Waals surface area contributed by atoms with Crippen LogP contribution in [0.4, 0.5) is 0 Å². The second kappa shape index (κ2) is 4.40. The minimum atomic E-state index is 0.0552. The van der Waals surface area contributed by atoms with E-state index in [1.807, 2.05) is 12.1 Å². The molecule has 0 saturated carbocycles. The van der Waals surface area contributed by atoms with Crippen LogP contribution in [-0.4, -0.2) is 17.4 Å². The SMILES string of the molecule is C#CCN(C(C)=O)[C@@H]1CCc2ccccc21. The number of carbonyl (C=O) groups is 1. The molecule has 0 aromatic heterocycles. The maximum Gasteiger partial charge on any atom is 0.220 e. The van der Waals surface area contributed by atoms with E-state index in [1.54, 1.807) is 11.8 Å². The van der Waals surface area contributed by atoms with E-state index in [1.165, 1.54) is 11.1 Å². The van der Waals surface area contributed by atoms with E-state index in [-0.39, 0.29) is 11.9 Å². The van der Waals surface area contributed by atoms with Gasteiger partial charge in [-0.2, -0.15) is 0 Å². The molecule has 1 aromatic rings. The molecule has 0 saturated heterocycles. The van der Waals surface area contributed by atoms with E-state index >= 15 is 0 Å². The summed E-state index contributed by atoms with van der Waals surface area (Å²) in [7, 11) is 0. The van der Waals surface area contributed by atoms with Gasteiger partial charge in [0.1, 0.15) is 0 Å². The fourth-order valence-electron chi connectivity index (χ4n) is 2.40. The maximum absolute atomic E-state index is 11.6. The number of terminal acetylenes is 1. The molecule has 0 heterocycles. The van der Waals surface area contributed by atoms with E-state index < -0.39 is 0 Å². The molecule has 0 fully saturated rings. The van der Waals surface area contributed by atoms with Crippen LogP contribution in [-0.2, 0) is 11.2 Å². The van der Waals surface area contributed by atoms with Gasteiger partial charge in [-0.3, -0.25) is 4.79 Å². The molecule has 82 valence electrons. The third-order valence-corrected chi connectivity index (χ3v) is 3.14. The Labute approximate surface area is 96.3 Å². The van der Waals surface area contributed by atoms with Crippen molar-refractivity contribution in [1.82, 2.24) is 4.90 Å². The molecule has 1 atom stereocenters. The monoisotopic (exact) mass is 213 g/mol. The number of amides is 1. The summed E-state index contributed by atoms with van der Waals surface area (Å²) in [6, 6.07) is 8.46. The van der Waals surface area contributed by atoms with E-state index in [4.69, 9.17) is 6.42 Å². The van der Waals surface area contributed by atoms with Crippen molar-refractivity contribution < 1.29 is 4.79 Å². The Hall–Kier alpha value is -1.75. The summed E-state index contributed by atoms with van der Waals surface area (Å²) in [6.07, 6.45) is 7.33. The zero-order chi connectivity index (χ0) is 11.5. The van der Waals surface area contributed by atoms with Crippen LogP contribution in [0, 0.1) is 12.3 Å². The minimum absolute atomic E-state index is 0.0552. The lowest BCUT2D eigenvalue weighted by Crippen LogP contribution is -2.32. The summed E-state index contributed by atoms with van der Waals surface area (Å²) >= 11 is 0. The molecule has 1 aliphatic carbocycles. The fourth-order valence-corrected chi connectivity index (χ4v) is 2.40. The Morgan fingerprint density at radius 2 is 2.31 bits per heavy atom. The molecule has 0 spiro atoms. The molecular formula is C14H15NO. The average Bonchev–Trinajstić information content (AvgIpc) is 2.69. The van der Waals surface area contributed by atoms with Crippen molar-refractivity contribution in [3.63, 3.8) is 0 Å². The Morgan fingerprint density at radius 3 is 3.00 bits per heavy atom. The molecule has 0 radical (unpaired) electrons. The van der Waals surface area contributed by atoms with Gasteiger partial charge in [0.15, 0.2) is 0 Å². The highest BCUT2D eigenvalue weighted by Crippen LogP contribution is 2.35. The zero-order valence-electron chi connectivity index (χ0n) is 9.44. The van der Waals surface area contributed by atoms with Crippen LogP contribution in [0.3, 0.4) is 0 Å². The van der Waals surface area contributed by atoms with Gasteiger partial charge in [0.2, 0.25) is 5.91 Å². The van der Waals surface area contributed by atoms with Crippen LogP contribution in [0.2, 0.25) is 0 Å². The van der Waals surface area contributed by atoms with Crippen LogP contribution < -0.4 is 0 Å². The number of hydrogen-bond donors (Lipinski definition) is 0. The minimum Gasteiger partial charge on any atom is -0.325 e. The van der Waals surface area contributed by atoms with E-state index in [2.05, 4.69) is 18.1 Å². The molecule has 1 amide bonds. The summed E-state index contributed by atoms with van der Waals surface area (Å²) in [5.74, 6) is 2.62. The highest BCUT2D eigenvalue weighted by molar-refractivity contribution is 5.74. The van der Waals surface area contributed by atoms with Crippen molar-refractivity contribution in [2.24, 2.45) is 0 Å². The van der Waals surface area contributed by atoms with Crippen molar-refractivity contribution in [1.29, 1.82) is 0 Å². The fraction of sp³-hybridized carbons (Fsp3) is 0.357. The molecule has 2 nitrogen and oxygen atoms in total. The molecule has 2 rings (SSSR count). The van der Waals surface area contributed by atoms with Crippen molar-refractivity contribution in [3.8, 4) is 12.3 Å². The largest absolute Gasteiger partial charge is 0.325 e. The molecular weight excluding hydrogens is 198 g/mol. The highest BCUT2D eigenvalue weighted by atomic mass is 16.2. The Kier molecular flexibility index (Phi) is 2.96. The first kappa shape index (κ1) is 10.8. The molecule has 0 aliphatic heterocycles. The van der Waals surface area contributed by atoms with Gasteiger partial charge in [-0.05, 0) is 24.0 Å². The smallest absolute Gasteiger partial charge is 0.220 e. The third-order valence-electron chi connectivity index (χ3n) is 3.14. The molecule has 0 N–H and O–H groups in total. The second-order valence-corrected chi connectivity index (χ2v) is 4.10. The van der Waals surface area contributed by atoms with Gasteiger partial charge in [0, 0.05) is 6.92 Å². The number of hydrogen-bond acceptors (Lipinski definition) is 1. The number of aryl methyl sites for hydroxylation is 1. The van der Waals surface area contributed by atoms with Crippen molar-refractivity contribution in [2.45, 2.75) is 25.8 Å². The lowest BCUT2D eigenvalue weighted by Gasteiger charge is -2.26. The topological polar surface area (TPSA) is 20.3 Å². The predicted molar refractivity (Wildman–Crippen MR) is 63.7 cm³/mol. The first-order valence-electron chi connectivity index (χ1n) is 5.52. The standard InChI is InChI=1S/C14H15NO/c1-3-10-15(11(2)16)14-9-8-12-6-4-5-7-13(12)14/h1,4-7,14H,8-10H2,2H3/t14-/m1/s1. The van der Waals surface area contributed by atoms with Gasteiger partial charge in [0.25, 0.3) is 0 Å². The van der Waals surface area contributed by atoms with Gasteiger partial charge in [-0.15, -0.1) is 6.42 Å². The van der Waals surface area contributed by atoms with E-state index in [9.17, 15) is 4.79 Å². The Balaban J connectivity index is 2.30. The molecule has 0 unspecified atom stereocenters. The zero-order valence-corrected chi connectivity index (χ0v) is 9.44.